The van der Waals surface area contributed by atoms with Crippen LogP contribution in [0.1, 0.15) is 24.1 Å². The van der Waals surface area contributed by atoms with E-state index in [0.717, 1.165) is 24.0 Å². The summed E-state index contributed by atoms with van der Waals surface area (Å²) in [6.45, 7) is 1.80. The SMILES string of the molecule is COc1c(I)cc(/C=c2\sc3n(c2=O)C(c2ccc(Cl)cc2)C(C(=O)Nc2ccccc2)=C(C)N=3)cc1I. The monoisotopic (exact) mass is 767 g/mol. The summed E-state index contributed by atoms with van der Waals surface area (Å²) >= 11 is 11.9. The third-order valence-electron chi connectivity index (χ3n) is 6.01. The van der Waals surface area contributed by atoms with E-state index in [1.807, 2.05) is 60.7 Å². The molecular weight excluding hydrogens is 748 g/mol. The van der Waals surface area contributed by atoms with Gasteiger partial charge in [-0.15, -0.1) is 0 Å². The zero-order chi connectivity index (χ0) is 27.0. The lowest BCUT2D eigenvalue weighted by Crippen LogP contribution is -2.40. The molecule has 0 saturated carbocycles. The number of ether oxygens (including phenoxy) is 1. The summed E-state index contributed by atoms with van der Waals surface area (Å²) in [5.74, 6) is 0.489. The number of anilines is 1. The molecule has 3 aromatic carbocycles. The number of benzene rings is 3. The third kappa shape index (κ3) is 5.33. The van der Waals surface area contributed by atoms with Crippen molar-refractivity contribution in [2.45, 2.75) is 13.0 Å². The summed E-state index contributed by atoms with van der Waals surface area (Å²) in [5, 5.41) is 3.53. The van der Waals surface area contributed by atoms with Crippen molar-refractivity contribution >= 4 is 85.8 Å². The molecule has 1 N–H and O–H groups in total. The Kier molecular flexibility index (Phi) is 8.08. The maximum Gasteiger partial charge on any atom is 0.271 e. The number of nitrogens with zero attached hydrogens (tertiary/aromatic N) is 2. The number of nitrogens with one attached hydrogen (secondary N) is 1. The summed E-state index contributed by atoms with van der Waals surface area (Å²) in [4.78, 5) is 32.7. The van der Waals surface area contributed by atoms with Gasteiger partial charge < -0.3 is 10.1 Å². The summed E-state index contributed by atoms with van der Waals surface area (Å²) in [7, 11) is 1.64. The molecule has 1 unspecified atom stereocenters. The van der Waals surface area contributed by atoms with Crippen LogP contribution in [0.2, 0.25) is 5.02 Å². The van der Waals surface area contributed by atoms with Crippen LogP contribution < -0.4 is 24.9 Å². The first-order valence-corrected chi connectivity index (χ1v) is 14.8. The van der Waals surface area contributed by atoms with Gasteiger partial charge in [0.15, 0.2) is 4.80 Å². The van der Waals surface area contributed by atoms with Crippen LogP contribution in [0.25, 0.3) is 6.08 Å². The predicted molar refractivity (Wildman–Crippen MR) is 169 cm³/mol. The molecule has 0 aliphatic carbocycles. The van der Waals surface area contributed by atoms with E-state index >= 15 is 0 Å². The maximum atomic E-state index is 13.9. The highest BCUT2D eigenvalue weighted by molar-refractivity contribution is 14.1. The average molecular weight is 768 g/mol. The first kappa shape index (κ1) is 27.1. The van der Waals surface area contributed by atoms with E-state index < -0.39 is 6.04 Å². The standard InChI is InChI=1S/C28H20ClI2N3O3S/c1-15-23(26(35)33-19-6-4-3-5-7-19)24(17-8-10-18(29)11-9-17)34-27(36)22(38-28(34)32-15)14-16-12-20(30)25(37-2)21(31)13-16/h3-14,24H,1-2H3,(H,33,35)/b22-14-. The zero-order valence-electron chi connectivity index (χ0n) is 20.2. The fourth-order valence-corrected chi connectivity index (χ4v) is 7.73. The first-order valence-electron chi connectivity index (χ1n) is 11.4. The smallest absolute Gasteiger partial charge is 0.271 e. The Labute approximate surface area is 255 Å². The van der Waals surface area contributed by atoms with Gasteiger partial charge in [0.2, 0.25) is 0 Å². The van der Waals surface area contributed by atoms with Crippen molar-refractivity contribution in [3.63, 3.8) is 0 Å². The van der Waals surface area contributed by atoms with Crippen molar-refractivity contribution < 1.29 is 9.53 Å². The van der Waals surface area contributed by atoms with Crippen LogP contribution in [0.15, 0.2) is 87.8 Å². The van der Waals surface area contributed by atoms with E-state index in [1.165, 1.54) is 11.3 Å². The lowest BCUT2D eigenvalue weighted by Gasteiger charge is -2.25. The molecule has 1 atom stereocenters. The number of amides is 1. The Balaban J connectivity index is 1.67. The number of thiazole rings is 1. The molecule has 0 fully saturated rings. The molecule has 0 radical (unpaired) electrons. The Morgan fingerprint density at radius 1 is 1.11 bits per heavy atom. The normalized spacial score (nSPS) is 15.2. The Morgan fingerprint density at radius 2 is 1.76 bits per heavy atom. The number of methoxy groups -OCH3 is 1. The number of allylic oxidation sites excluding steroid dienone is 1. The molecule has 1 aliphatic heterocycles. The second kappa shape index (κ2) is 11.3. The lowest BCUT2D eigenvalue weighted by atomic mass is 9.95. The van der Waals surface area contributed by atoms with Crippen molar-refractivity contribution in [1.82, 2.24) is 4.57 Å². The molecule has 1 aromatic heterocycles. The molecule has 38 heavy (non-hydrogen) atoms. The van der Waals surface area contributed by atoms with Crippen LogP contribution in [-0.4, -0.2) is 17.6 Å². The molecule has 0 saturated heterocycles. The van der Waals surface area contributed by atoms with Crippen molar-refractivity contribution in [2.75, 3.05) is 12.4 Å². The highest BCUT2D eigenvalue weighted by atomic mass is 127. The summed E-state index contributed by atoms with van der Waals surface area (Å²) in [6.07, 6.45) is 1.86. The minimum absolute atomic E-state index is 0.216. The molecule has 1 aliphatic rings. The number of carbonyl (C=O) groups excluding carboxylic acids is 1. The molecule has 10 heteroatoms. The Morgan fingerprint density at radius 3 is 2.39 bits per heavy atom. The minimum atomic E-state index is -0.662. The molecule has 192 valence electrons. The third-order valence-corrected chi connectivity index (χ3v) is 8.84. The summed E-state index contributed by atoms with van der Waals surface area (Å²) in [6, 6.07) is 19.7. The van der Waals surface area contributed by atoms with Gasteiger partial charge in [0.1, 0.15) is 5.75 Å². The molecule has 6 nitrogen and oxygen atoms in total. The molecule has 4 aromatic rings. The van der Waals surface area contributed by atoms with Gasteiger partial charge in [-0.1, -0.05) is 53.3 Å². The second-order valence-electron chi connectivity index (χ2n) is 8.47. The van der Waals surface area contributed by atoms with Crippen LogP contribution in [0, 0.1) is 7.14 Å². The van der Waals surface area contributed by atoms with E-state index in [-0.39, 0.29) is 11.5 Å². The number of hydrogen-bond acceptors (Lipinski definition) is 5. The highest BCUT2D eigenvalue weighted by Gasteiger charge is 2.32. The van der Waals surface area contributed by atoms with E-state index in [2.05, 4.69) is 50.5 Å². The van der Waals surface area contributed by atoms with Crippen molar-refractivity contribution in [3.05, 3.63) is 121 Å². The van der Waals surface area contributed by atoms with Gasteiger partial charge in [-0.3, -0.25) is 14.2 Å². The van der Waals surface area contributed by atoms with Crippen LogP contribution in [0.5, 0.6) is 5.75 Å². The molecule has 5 rings (SSSR count). The molecule has 0 spiro atoms. The van der Waals surface area contributed by atoms with Gasteiger partial charge in [-0.05, 0) is 106 Å². The molecule has 0 bridgehead atoms. The fraction of sp³-hybridized carbons (Fsp3) is 0.107. The van der Waals surface area contributed by atoms with Crippen LogP contribution in [-0.2, 0) is 4.79 Å². The van der Waals surface area contributed by atoms with Crippen molar-refractivity contribution in [2.24, 2.45) is 4.99 Å². The average Bonchev–Trinajstić information content (AvgIpc) is 3.18. The quantitative estimate of drug-likeness (QED) is 0.264. The predicted octanol–water partition coefficient (Wildman–Crippen LogP) is 5.75. The van der Waals surface area contributed by atoms with Crippen LogP contribution in [0.3, 0.4) is 0 Å². The molecule has 1 amide bonds. The van der Waals surface area contributed by atoms with E-state index in [0.29, 0.717) is 31.3 Å². The van der Waals surface area contributed by atoms with E-state index in [1.54, 1.807) is 30.7 Å². The summed E-state index contributed by atoms with van der Waals surface area (Å²) in [5.41, 5.74) is 3.05. The van der Waals surface area contributed by atoms with Crippen molar-refractivity contribution in [1.29, 1.82) is 0 Å². The van der Waals surface area contributed by atoms with Gasteiger partial charge in [-0.25, -0.2) is 4.99 Å². The number of rotatable bonds is 5. The summed E-state index contributed by atoms with van der Waals surface area (Å²) < 4.78 is 9.50. The van der Waals surface area contributed by atoms with Crippen LogP contribution >= 0.6 is 68.1 Å². The van der Waals surface area contributed by atoms with Gasteiger partial charge in [0.05, 0.1) is 36.1 Å². The Hall–Kier alpha value is -2.48. The number of carbonyl (C=O) groups is 1. The lowest BCUT2D eigenvalue weighted by molar-refractivity contribution is -0.113. The van der Waals surface area contributed by atoms with Gasteiger partial charge in [-0.2, -0.15) is 0 Å². The molecule has 2 heterocycles. The number of fused-ring (bicyclic) bond motifs is 1. The van der Waals surface area contributed by atoms with Gasteiger partial charge >= 0.3 is 0 Å². The van der Waals surface area contributed by atoms with Gasteiger partial charge in [0.25, 0.3) is 11.5 Å². The largest absolute Gasteiger partial charge is 0.495 e. The zero-order valence-corrected chi connectivity index (χ0v) is 26.1. The highest BCUT2D eigenvalue weighted by Crippen LogP contribution is 2.32. The first-order chi connectivity index (χ1) is 18.3. The van der Waals surface area contributed by atoms with Crippen LogP contribution in [0.4, 0.5) is 5.69 Å². The van der Waals surface area contributed by atoms with Gasteiger partial charge in [0, 0.05) is 10.7 Å². The Bertz CT molecular complexity index is 1740. The van der Waals surface area contributed by atoms with Crippen molar-refractivity contribution in [3.8, 4) is 5.75 Å². The minimum Gasteiger partial charge on any atom is -0.495 e. The number of aromatic nitrogens is 1. The fourth-order valence-electron chi connectivity index (χ4n) is 4.30. The van der Waals surface area contributed by atoms with E-state index in [9.17, 15) is 9.59 Å². The molecular formula is C28H20ClI2N3O3S. The number of hydrogen-bond donors (Lipinski definition) is 1. The number of para-hydroxylation sites is 1. The maximum absolute atomic E-state index is 13.9. The topological polar surface area (TPSA) is 72.7 Å². The second-order valence-corrected chi connectivity index (χ2v) is 12.2. The van der Waals surface area contributed by atoms with E-state index in [4.69, 9.17) is 21.3 Å². The number of halogens is 3.